The fourth-order valence-corrected chi connectivity index (χ4v) is 6.10. The summed E-state index contributed by atoms with van der Waals surface area (Å²) in [6.07, 6.45) is 8.61. The van der Waals surface area contributed by atoms with E-state index in [9.17, 15) is 22.0 Å². The Bertz CT molecular complexity index is 1720. The minimum atomic E-state index is -3.98. The van der Waals surface area contributed by atoms with E-state index in [2.05, 4.69) is 26.4 Å². The number of carbonyl (C=O) groups excluding carboxylic acids is 1. The SMILES string of the molecule is C#CCNC(=O)c1ccc(S(=O)(=O)n2cc(CCN3CCC(=C(c4ccc(F)cc4)c4ccc(F)cc4)CC3)nn2)cc1. The number of terminal acetylenes is 1. The summed E-state index contributed by atoms with van der Waals surface area (Å²) in [5, 5.41) is 10.4. The van der Waals surface area contributed by atoms with Gasteiger partial charge in [-0.05, 0) is 78.1 Å². The van der Waals surface area contributed by atoms with Crippen molar-refractivity contribution in [1.29, 1.82) is 0 Å². The lowest BCUT2D eigenvalue weighted by Gasteiger charge is -2.30. The third kappa shape index (κ3) is 7.05. The second kappa shape index (κ2) is 13.1. The molecule has 2 heterocycles. The number of benzene rings is 3. The maximum atomic E-state index is 13.6. The van der Waals surface area contributed by atoms with E-state index >= 15 is 0 Å². The number of likely N-dealkylation sites (tertiary alicyclic amines) is 1. The lowest BCUT2D eigenvalue weighted by Crippen LogP contribution is -2.33. The zero-order valence-corrected chi connectivity index (χ0v) is 24.0. The molecule has 1 amide bonds. The summed E-state index contributed by atoms with van der Waals surface area (Å²) in [4.78, 5) is 14.3. The summed E-state index contributed by atoms with van der Waals surface area (Å²) in [6, 6.07) is 18.2. The van der Waals surface area contributed by atoms with Gasteiger partial charge in [-0.2, -0.15) is 8.42 Å². The quantitative estimate of drug-likeness (QED) is 0.288. The molecule has 0 unspecified atom stereocenters. The third-order valence-corrected chi connectivity index (χ3v) is 8.83. The Balaban J connectivity index is 1.22. The Morgan fingerprint density at radius 2 is 1.44 bits per heavy atom. The Labute approximate surface area is 249 Å². The van der Waals surface area contributed by atoms with Crippen molar-refractivity contribution in [2.75, 3.05) is 26.2 Å². The predicted molar refractivity (Wildman–Crippen MR) is 158 cm³/mol. The van der Waals surface area contributed by atoms with Crippen LogP contribution in [-0.2, 0) is 16.4 Å². The molecule has 43 heavy (non-hydrogen) atoms. The molecule has 8 nitrogen and oxygen atoms in total. The zero-order chi connectivity index (χ0) is 30.4. The number of nitrogens with zero attached hydrogens (tertiary/aromatic N) is 4. The molecule has 4 aromatic rings. The highest BCUT2D eigenvalue weighted by Gasteiger charge is 2.22. The molecule has 0 aliphatic carbocycles. The topological polar surface area (TPSA) is 97.2 Å². The van der Waals surface area contributed by atoms with Gasteiger partial charge in [0.25, 0.3) is 15.9 Å². The van der Waals surface area contributed by atoms with Crippen LogP contribution in [0.3, 0.4) is 0 Å². The van der Waals surface area contributed by atoms with Crippen molar-refractivity contribution in [3.05, 3.63) is 119 Å². The Morgan fingerprint density at radius 3 is 2.00 bits per heavy atom. The highest BCUT2D eigenvalue weighted by Crippen LogP contribution is 2.32. The molecule has 1 aliphatic heterocycles. The van der Waals surface area contributed by atoms with Gasteiger partial charge in [-0.1, -0.05) is 41.0 Å². The van der Waals surface area contributed by atoms with Gasteiger partial charge >= 0.3 is 0 Å². The summed E-state index contributed by atoms with van der Waals surface area (Å²) < 4.78 is 54.2. The molecule has 1 fully saturated rings. The highest BCUT2D eigenvalue weighted by atomic mass is 32.2. The van der Waals surface area contributed by atoms with Crippen LogP contribution in [0.15, 0.2) is 89.5 Å². The summed E-state index contributed by atoms with van der Waals surface area (Å²) in [6.45, 7) is 2.28. The molecule has 1 saturated heterocycles. The van der Waals surface area contributed by atoms with Crippen molar-refractivity contribution in [3.63, 3.8) is 0 Å². The molecule has 0 atom stereocenters. The molecular weight excluding hydrogens is 572 g/mol. The molecule has 1 aliphatic rings. The Hall–Kier alpha value is -4.66. The fraction of sp³-hybridized carbons (Fsp3) is 0.219. The van der Waals surface area contributed by atoms with Crippen molar-refractivity contribution >= 4 is 21.5 Å². The maximum absolute atomic E-state index is 13.6. The molecule has 1 aromatic heterocycles. The first-order valence-corrected chi connectivity index (χ1v) is 15.1. The lowest BCUT2D eigenvalue weighted by molar-refractivity contribution is 0.0958. The van der Waals surface area contributed by atoms with Crippen molar-refractivity contribution in [3.8, 4) is 12.3 Å². The minimum absolute atomic E-state index is 0.0223. The maximum Gasteiger partial charge on any atom is 0.284 e. The summed E-state index contributed by atoms with van der Waals surface area (Å²) in [7, 11) is -3.98. The first kappa shape index (κ1) is 29.8. The summed E-state index contributed by atoms with van der Waals surface area (Å²) >= 11 is 0. The first-order valence-electron chi connectivity index (χ1n) is 13.7. The molecule has 5 rings (SSSR count). The average molecular weight is 602 g/mol. The number of carbonyl (C=O) groups is 1. The van der Waals surface area contributed by atoms with E-state index in [-0.39, 0.29) is 28.6 Å². The molecule has 1 N–H and O–H groups in total. The van der Waals surface area contributed by atoms with E-state index in [1.165, 1.54) is 60.3 Å². The largest absolute Gasteiger partial charge is 0.341 e. The van der Waals surface area contributed by atoms with Gasteiger partial charge in [-0.25, -0.2) is 8.78 Å². The van der Waals surface area contributed by atoms with E-state index in [0.29, 0.717) is 18.7 Å². The van der Waals surface area contributed by atoms with Crippen LogP contribution in [0, 0.1) is 24.0 Å². The van der Waals surface area contributed by atoms with E-state index in [4.69, 9.17) is 6.42 Å². The van der Waals surface area contributed by atoms with Crippen LogP contribution in [0.2, 0.25) is 0 Å². The fourth-order valence-electron chi connectivity index (χ4n) is 5.01. The van der Waals surface area contributed by atoms with Crippen molar-refractivity contribution < 1.29 is 22.0 Å². The van der Waals surface area contributed by atoms with Crippen LogP contribution in [-0.4, -0.2) is 59.8 Å². The molecule has 0 saturated carbocycles. The second-order valence-electron chi connectivity index (χ2n) is 10.1. The highest BCUT2D eigenvalue weighted by molar-refractivity contribution is 7.89. The molecule has 11 heteroatoms. The van der Waals surface area contributed by atoms with E-state index in [0.717, 1.165) is 46.7 Å². The number of hydrogen-bond acceptors (Lipinski definition) is 6. The Kier molecular flexibility index (Phi) is 9.09. The minimum Gasteiger partial charge on any atom is -0.341 e. The Morgan fingerprint density at radius 1 is 0.884 bits per heavy atom. The van der Waals surface area contributed by atoms with E-state index < -0.39 is 15.9 Å². The van der Waals surface area contributed by atoms with Gasteiger partial charge in [0.1, 0.15) is 11.6 Å². The van der Waals surface area contributed by atoms with Gasteiger partial charge in [-0.15, -0.1) is 15.6 Å². The number of piperidine rings is 1. The number of aromatic nitrogens is 3. The summed E-state index contributed by atoms with van der Waals surface area (Å²) in [5.74, 6) is 1.28. The molecule has 0 radical (unpaired) electrons. The smallest absolute Gasteiger partial charge is 0.284 e. The van der Waals surface area contributed by atoms with Gasteiger partial charge in [0.15, 0.2) is 0 Å². The standard InChI is InChI=1S/C32H29F2N5O3S/c1-2-18-35-32(40)26-7-13-30(14-8-26)43(41,42)39-22-29(36-37-39)17-21-38-19-15-25(16-20-38)31(23-3-9-27(33)10-4-23)24-5-11-28(34)12-6-24/h1,3-14,22H,15-21H2,(H,35,40). The molecule has 220 valence electrons. The van der Waals surface area contributed by atoms with Gasteiger partial charge in [-0.3, -0.25) is 4.79 Å². The number of rotatable bonds is 9. The van der Waals surface area contributed by atoms with Crippen LogP contribution in [0.4, 0.5) is 8.78 Å². The van der Waals surface area contributed by atoms with Crippen molar-refractivity contribution in [2.24, 2.45) is 0 Å². The normalized spacial score (nSPS) is 13.8. The molecule has 3 aromatic carbocycles. The number of nitrogens with one attached hydrogen (secondary N) is 1. The zero-order valence-electron chi connectivity index (χ0n) is 23.2. The van der Waals surface area contributed by atoms with E-state index in [1.54, 1.807) is 24.3 Å². The average Bonchev–Trinajstić information content (AvgIpc) is 3.52. The first-order chi connectivity index (χ1) is 20.7. The van der Waals surface area contributed by atoms with Crippen LogP contribution in [0.1, 0.15) is 40.0 Å². The second-order valence-corrected chi connectivity index (χ2v) is 11.9. The number of halogens is 2. The van der Waals surface area contributed by atoms with Gasteiger partial charge in [0.05, 0.1) is 23.3 Å². The number of hydrogen-bond donors (Lipinski definition) is 1. The monoisotopic (exact) mass is 601 g/mol. The van der Waals surface area contributed by atoms with Gasteiger partial charge < -0.3 is 10.2 Å². The van der Waals surface area contributed by atoms with Crippen LogP contribution in [0.5, 0.6) is 0 Å². The predicted octanol–water partition coefficient (Wildman–Crippen LogP) is 4.30. The van der Waals surface area contributed by atoms with Gasteiger partial charge in [0, 0.05) is 31.6 Å². The van der Waals surface area contributed by atoms with Crippen molar-refractivity contribution in [1.82, 2.24) is 24.6 Å². The lowest BCUT2D eigenvalue weighted by atomic mass is 9.88. The van der Waals surface area contributed by atoms with Crippen LogP contribution < -0.4 is 5.32 Å². The van der Waals surface area contributed by atoms with Crippen LogP contribution in [0.25, 0.3) is 5.57 Å². The van der Waals surface area contributed by atoms with Gasteiger partial charge in [0.2, 0.25) is 0 Å². The van der Waals surface area contributed by atoms with E-state index in [1.807, 2.05) is 0 Å². The third-order valence-electron chi connectivity index (χ3n) is 7.30. The molecule has 0 bridgehead atoms. The summed E-state index contributed by atoms with van der Waals surface area (Å²) in [5.41, 5.74) is 4.80. The van der Waals surface area contributed by atoms with Crippen molar-refractivity contribution in [2.45, 2.75) is 24.2 Å². The number of amides is 1. The molecule has 0 spiro atoms. The molecular formula is C32H29F2N5O3S. The van der Waals surface area contributed by atoms with Crippen LogP contribution >= 0.6 is 0 Å².